The van der Waals surface area contributed by atoms with Gasteiger partial charge in [-0.15, -0.1) is 0 Å². The Morgan fingerprint density at radius 2 is 1.58 bits per heavy atom. The zero-order chi connectivity index (χ0) is 22.4. The molecule has 0 aliphatic rings. The minimum Gasteiger partial charge on any atom is -0.325 e. The van der Waals surface area contributed by atoms with E-state index in [9.17, 15) is 23.3 Å². The Labute approximate surface area is 180 Å². The summed E-state index contributed by atoms with van der Waals surface area (Å²) in [4.78, 5) is 23.0. The SMILES string of the molecule is CCc1ccc(NC(=O)CN(c2ccc([N+](=O)[O-])cc2)S(=O)(=O)c2ccccc2)cc1. The molecule has 0 radical (unpaired) electrons. The van der Waals surface area contributed by atoms with Crippen molar-refractivity contribution in [2.45, 2.75) is 18.2 Å². The number of sulfonamides is 1. The summed E-state index contributed by atoms with van der Waals surface area (Å²) in [5.41, 5.74) is 1.62. The zero-order valence-corrected chi connectivity index (χ0v) is 17.6. The second kappa shape index (κ2) is 9.40. The Balaban J connectivity index is 1.91. The molecule has 0 spiro atoms. The molecule has 0 heterocycles. The van der Waals surface area contributed by atoms with Gasteiger partial charge in [0.15, 0.2) is 0 Å². The molecule has 0 aliphatic heterocycles. The number of carbonyl (C=O) groups excluding carboxylic acids is 1. The molecule has 3 aromatic carbocycles. The quantitative estimate of drug-likeness (QED) is 0.422. The molecule has 8 nitrogen and oxygen atoms in total. The van der Waals surface area contributed by atoms with Crippen LogP contribution in [0, 0.1) is 10.1 Å². The van der Waals surface area contributed by atoms with Gasteiger partial charge in [-0.2, -0.15) is 0 Å². The lowest BCUT2D eigenvalue weighted by Crippen LogP contribution is -2.38. The van der Waals surface area contributed by atoms with E-state index in [0.717, 1.165) is 16.3 Å². The van der Waals surface area contributed by atoms with Crippen molar-refractivity contribution in [3.8, 4) is 0 Å². The van der Waals surface area contributed by atoms with Crippen molar-refractivity contribution >= 4 is 33.0 Å². The number of aryl methyl sites for hydroxylation is 1. The second-order valence-electron chi connectivity index (χ2n) is 6.70. The van der Waals surface area contributed by atoms with E-state index in [0.29, 0.717) is 5.69 Å². The van der Waals surface area contributed by atoms with Gasteiger partial charge in [0.2, 0.25) is 5.91 Å². The Bertz CT molecular complexity index is 1160. The van der Waals surface area contributed by atoms with Crippen LogP contribution in [0.25, 0.3) is 0 Å². The lowest BCUT2D eigenvalue weighted by Gasteiger charge is -2.24. The van der Waals surface area contributed by atoms with E-state index in [1.54, 1.807) is 30.3 Å². The molecular weight excluding hydrogens is 418 g/mol. The molecule has 0 saturated carbocycles. The van der Waals surface area contributed by atoms with Gasteiger partial charge in [-0.25, -0.2) is 8.42 Å². The van der Waals surface area contributed by atoms with Crippen LogP contribution in [0.4, 0.5) is 17.1 Å². The Morgan fingerprint density at radius 3 is 2.13 bits per heavy atom. The van der Waals surface area contributed by atoms with E-state index in [1.807, 2.05) is 19.1 Å². The molecule has 31 heavy (non-hydrogen) atoms. The highest BCUT2D eigenvalue weighted by Gasteiger charge is 2.27. The summed E-state index contributed by atoms with van der Waals surface area (Å²) in [5, 5.41) is 13.6. The van der Waals surface area contributed by atoms with Crippen LogP contribution in [0.15, 0.2) is 83.8 Å². The van der Waals surface area contributed by atoms with Crippen molar-refractivity contribution in [1.82, 2.24) is 0 Å². The number of nitrogens with one attached hydrogen (secondary N) is 1. The molecule has 160 valence electrons. The molecule has 0 saturated heterocycles. The van der Waals surface area contributed by atoms with E-state index in [1.165, 1.54) is 36.4 Å². The van der Waals surface area contributed by atoms with Gasteiger partial charge in [-0.05, 0) is 48.4 Å². The van der Waals surface area contributed by atoms with Crippen LogP contribution < -0.4 is 9.62 Å². The van der Waals surface area contributed by atoms with Crippen LogP contribution in [0.5, 0.6) is 0 Å². The van der Waals surface area contributed by atoms with Crippen molar-refractivity contribution in [2.75, 3.05) is 16.2 Å². The van der Waals surface area contributed by atoms with Gasteiger partial charge in [0.25, 0.3) is 15.7 Å². The molecule has 0 bridgehead atoms. The number of non-ortho nitro benzene ring substituents is 1. The molecule has 0 atom stereocenters. The smallest absolute Gasteiger partial charge is 0.269 e. The topological polar surface area (TPSA) is 110 Å². The molecule has 1 N–H and O–H groups in total. The Hall–Kier alpha value is -3.72. The molecular formula is C22H21N3O5S. The number of nitro benzene ring substituents is 1. The number of amides is 1. The number of hydrogen-bond donors (Lipinski definition) is 1. The maximum Gasteiger partial charge on any atom is 0.269 e. The third kappa shape index (κ3) is 5.26. The molecule has 3 rings (SSSR count). The Morgan fingerprint density at radius 1 is 0.968 bits per heavy atom. The maximum atomic E-state index is 13.2. The molecule has 0 aromatic heterocycles. The highest BCUT2D eigenvalue weighted by atomic mass is 32.2. The number of carbonyl (C=O) groups is 1. The van der Waals surface area contributed by atoms with Crippen LogP contribution in [-0.4, -0.2) is 25.8 Å². The number of hydrogen-bond acceptors (Lipinski definition) is 5. The zero-order valence-electron chi connectivity index (χ0n) is 16.8. The van der Waals surface area contributed by atoms with Crippen molar-refractivity contribution in [3.63, 3.8) is 0 Å². The van der Waals surface area contributed by atoms with Crippen LogP contribution in [0.1, 0.15) is 12.5 Å². The highest BCUT2D eigenvalue weighted by molar-refractivity contribution is 7.92. The summed E-state index contributed by atoms with van der Waals surface area (Å²) in [5.74, 6) is -0.540. The predicted octanol–water partition coefficient (Wildman–Crippen LogP) is 3.99. The number of rotatable bonds is 8. The largest absolute Gasteiger partial charge is 0.325 e. The van der Waals surface area contributed by atoms with E-state index >= 15 is 0 Å². The van der Waals surface area contributed by atoms with E-state index in [-0.39, 0.29) is 16.3 Å². The maximum absolute atomic E-state index is 13.2. The van der Waals surface area contributed by atoms with Gasteiger partial charge in [0.05, 0.1) is 15.5 Å². The summed E-state index contributed by atoms with van der Waals surface area (Å²) in [7, 11) is -4.08. The summed E-state index contributed by atoms with van der Waals surface area (Å²) < 4.78 is 27.4. The third-order valence-electron chi connectivity index (χ3n) is 4.61. The summed E-state index contributed by atoms with van der Waals surface area (Å²) in [6.45, 7) is 1.52. The summed E-state index contributed by atoms with van der Waals surface area (Å²) in [6, 6.07) is 20.0. The Kier molecular flexibility index (Phi) is 6.66. The van der Waals surface area contributed by atoms with Gasteiger partial charge in [-0.3, -0.25) is 19.2 Å². The molecule has 0 aliphatic carbocycles. The number of anilines is 2. The first kappa shape index (κ1) is 22.0. The first-order chi connectivity index (χ1) is 14.8. The second-order valence-corrected chi connectivity index (χ2v) is 8.56. The molecule has 0 unspecified atom stereocenters. The van der Waals surface area contributed by atoms with Crippen LogP contribution >= 0.6 is 0 Å². The first-order valence-corrected chi connectivity index (χ1v) is 11.0. The van der Waals surface area contributed by atoms with Gasteiger partial charge in [0, 0.05) is 17.8 Å². The van der Waals surface area contributed by atoms with Crippen LogP contribution in [-0.2, 0) is 21.2 Å². The number of nitro groups is 1. The lowest BCUT2D eigenvalue weighted by molar-refractivity contribution is -0.384. The average molecular weight is 439 g/mol. The van der Waals surface area contributed by atoms with Gasteiger partial charge >= 0.3 is 0 Å². The standard InChI is InChI=1S/C22H21N3O5S/c1-2-17-8-10-18(11-9-17)23-22(26)16-24(19-12-14-20(15-13-19)25(27)28)31(29,30)21-6-4-3-5-7-21/h3-15H,2,16H2,1H3,(H,23,26). The van der Waals surface area contributed by atoms with Crippen molar-refractivity contribution in [1.29, 1.82) is 0 Å². The van der Waals surface area contributed by atoms with Gasteiger partial charge < -0.3 is 5.32 Å². The molecule has 3 aromatic rings. The summed E-state index contributed by atoms with van der Waals surface area (Å²) >= 11 is 0. The number of benzene rings is 3. The van der Waals surface area contributed by atoms with Crippen molar-refractivity contribution in [2.24, 2.45) is 0 Å². The summed E-state index contributed by atoms with van der Waals surface area (Å²) in [6.07, 6.45) is 0.859. The van der Waals surface area contributed by atoms with E-state index < -0.39 is 27.4 Å². The normalized spacial score (nSPS) is 11.0. The van der Waals surface area contributed by atoms with Crippen molar-refractivity contribution < 1.29 is 18.1 Å². The van der Waals surface area contributed by atoms with E-state index in [4.69, 9.17) is 0 Å². The van der Waals surface area contributed by atoms with E-state index in [2.05, 4.69) is 5.32 Å². The fourth-order valence-corrected chi connectivity index (χ4v) is 4.37. The fourth-order valence-electron chi connectivity index (χ4n) is 2.93. The van der Waals surface area contributed by atoms with Gasteiger partial charge in [-0.1, -0.05) is 37.3 Å². The minimum absolute atomic E-state index is 0.00783. The lowest BCUT2D eigenvalue weighted by atomic mass is 10.1. The third-order valence-corrected chi connectivity index (χ3v) is 6.40. The predicted molar refractivity (Wildman–Crippen MR) is 119 cm³/mol. The van der Waals surface area contributed by atoms with Crippen molar-refractivity contribution in [3.05, 3.63) is 94.5 Å². The van der Waals surface area contributed by atoms with Crippen LogP contribution in [0.3, 0.4) is 0 Å². The minimum atomic E-state index is -4.08. The highest BCUT2D eigenvalue weighted by Crippen LogP contribution is 2.26. The average Bonchev–Trinajstić information content (AvgIpc) is 2.78. The first-order valence-electron chi connectivity index (χ1n) is 9.52. The van der Waals surface area contributed by atoms with Crippen LogP contribution in [0.2, 0.25) is 0 Å². The number of nitrogens with zero attached hydrogens (tertiary/aromatic N) is 2. The monoisotopic (exact) mass is 439 g/mol. The van der Waals surface area contributed by atoms with Gasteiger partial charge in [0.1, 0.15) is 6.54 Å². The molecule has 1 amide bonds. The fraction of sp³-hybridized carbons (Fsp3) is 0.136. The molecule has 9 heteroatoms. The molecule has 0 fully saturated rings.